The van der Waals surface area contributed by atoms with Gasteiger partial charge in [0.25, 0.3) is 0 Å². The molecule has 0 aliphatic carbocycles. The van der Waals surface area contributed by atoms with Crippen molar-refractivity contribution in [1.82, 2.24) is 24.3 Å². The minimum atomic E-state index is -3.67. The van der Waals surface area contributed by atoms with Crippen molar-refractivity contribution in [2.45, 2.75) is 18.4 Å². The molecule has 110 valence electrons. The second-order valence-corrected chi connectivity index (χ2v) is 6.72. The van der Waals surface area contributed by atoms with E-state index in [-0.39, 0.29) is 21.6 Å². The molecule has 1 N–H and O–H groups in total. The van der Waals surface area contributed by atoms with Crippen molar-refractivity contribution < 1.29 is 8.42 Å². The van der Waals surface area contributed by atoms with Crippen LogP contribution in [0.3, 0.4) is 0 Å². The van der Waals surface area contributed by atoms with Crippen molar-refractivity contribution in [3.63, 3.8) is 0 Å². The van der Waals surface area contributed by atoms with E-state index >= 15 is 0 Å². The molecule has 0 unspecified atom stereocenters. The maximum atomic E-state index is 12.2. The largest absolute Gasteiger partial charge is 0.274 e. The fourth-order valence-electron chi connectivity index (χ4n) is 1.73. The molecule has 0 saturated heterocycles. The van der Waals surface area contributed by atoms with Gasteiger partial charge in [-0.25, -0.2) is 13.1 Å². The first kappa shape index (κ1) is 15.3. The molecule has 0 aliphatic rings. The smallest absolute Gasteiger partial charge is 0.244 e. The third-order valence-corrected chi connectivity index (χ3v) is 5.11. The average Bonchev–Trinajstić information content (AvgIpc) is 2.82. The number of halogens is 2. The zero-order valence-corrected chi connectivity index (χ0v) is 13.4. The van der Waals surface area contributed by atoms with E-state index in [1.165, 1.54) is 15.6 Å². The van der Waals surface area contributed by atoms with Crippen LogP contribution in [-0.4, -0.2) is 28.0 Å². The van der Waals surface area contributed by atoms with Crippen molar-refractivity contribution in [2.75, 3.05) is 0 Å². The highest BCUT2D eigenvalue weighted by molar-refractivity contribution is 7.89. The van der Waals surface area contributed by atoms with Crippen LogP contribution >= 0.6 is 23.2 Å². The van der Waals surface area contributed by atoms with Gasteiger partial charge in [-0.1, -0.05) is 23.2 Å². The average molecular weight is 338 g/mol. The molecule has 0 aliphatic heterocycles. The summed E-state index contributed by atoms with van der Waals surface area (Å²) in [4.78, 5) is 0.123. The number of rotatable bonds is 4. The van der Waals surface area contributed by atoms with Crippen LogP contribution in [0.2, 0.25) is 10.2 Å². The zero-order valence-electron chi connectivity index (χ0n) is 11.1. The number of aromatic nitrogens is 4. The first-order valence-electron chi connectivity index (χ1n) is 5.59. The van der Waals surface area contributed by atoms with E-state index in [2.05, 4.69) is 14.9 Å². The molecule has 0 radical (unpaired) electrons. The molecule has 2 aromatic heterocycles. The van der Waals surface area contributed by atoms with E-state index in [0.717, 1.165) is 0 Å². The maximum Gasteiger partial charge on any atom is 0.244 e. The van der Waals surface area contributed by atoms with E-state index in [1.54, 1.807) is 21.0 Å². The third-order valence-electron chi connectivity index (χ3n) is 2.68. The van der Waals surface area contributed by atoms with Crippen LogP contribution < -0.4 is 4.72 Å². The Bertz CT molecular complexity index is 750. The lowest BCUT2D eigenvalue weighted by atomic mass is 10.4. The lowest BCUT2D eigenvalue weighted by molar-refractivity contribution is 0.579. The van der Waals surface area contributed by atoms with Crippen molar-refractivity contribution in [3.8, 4) is 0 Å². The summed E-state index contributed by atoms with van der Waals surface area (Å²) in [7, 11) is -0.396. The zero-order chi connectivity index (χ0) is 15.1. The Hall–Kier alpha value is -1.09. The van der Waals surface area contributed by atoms with Gasteiger partial charge in [-0.2, -0.15) is 10.2 Å². The molecule has 2 heterocycles. The van der Waals surface area contributed by atoms with Crippen LogP contribution in [-0.2, 0) is 30.7 Å². The predicted molar refractivity (Wildman–Crippen MR) is 75.2 cm³/mol. The minimum Gasteiger partial charge on any atom is -0.274 e. The molecule has 0 fully saturated rings. The second kappa shape index (κ2) is 5.36. The van der Waals surface area contributed by atoms with Crippen LogP contribution in [0.1, 0.15) is 11.4 Å². The van der Waals surface area contributed by atoms with E-state index < -0.39 is 10.0 Å². The Labute approximate surface area is 126 Å². The fourth-order valence-corrected chi connectivity index (χ4v) is 3.30. The summed E-state index contributed by atoms with van der Waals surface area (Å²) in [5.74, 6) is 0. The molecule has 0 atom stereocenters. The van der Waals surface area contributed by atoms with Gasteiger partial charge in [0.2, 0.25) is 10.0 Å². The Kier molecular flexibility index (Phi) is 4.10. The third kappa shape index (κ3) is 2.83. The Morgan fingerprint density at radius 2 is 1.95 bits per heavy atom. The fraction of sp³-hybridized carbons (Fsp3) is 0.400. The van der Waals surface area contributed by atoms with Gasteiger partial charge in [0.05, 0.1) is 17.9 Å². The SMILES string of the molecule is Cc1nn(C)cc1S(=O)(=O)NCc1nn(C)c(Cl)c1Cl. The molecule has 0 spiro atoms. The first-order chi connectivity index (χ1) is 9.22. The molecule has 20 heavy (non-hydrogen) atoms. The highest BCUT2D eigenvalue weighted by Gasteiger charge is 2.21. The van der Waals surface area contributed by atoms with Crippen LogP contribution in [0.4, 0.5) is 0 Å². The van der Waals surface area contributed by atoms with Crippen molar-refractivity contribution >= 4 is 33.2 Å². The number of nitrogens with one attached hydrogen (secondary N) is 1. The summed E-state index contributed by atoms with van der Waals surface area (Å²) in [6.07, 6.45) is 1.44. The van der Waals surface area contributed by atoms with E-state index in [9.17, 15) is 8.42 Å². The summed E-state index contributed by atoms with van der Waals surface area (Å²) in [5, 5.41) is 8.54. The van der Waals surface area contributed by atoms with Gasteiger partial charge in [0.15, 0.2) is 0 Å². The standard InChI is InChI=1S/C10H13Cl2N5O2S/c1-6-8(5-16(2)14-6)20(18,19)13-4-7-9(11)10(12)17(3)15-7/h5,13H,4H2,1-3H3. The molecule has 2 rings (SSSR count). The molecule has 7 nitrogen and oxygen atoms in total. The number of sulfonamides is 1. The lowest BCUT2D eigenvalue weighted by Crippen LogP contribution is -2.24. The Morgan fingerprint density at radius 3 is 2.40 bits per heavy atom. The van der Waals surface area contributed by atoms with Gasteiger partial charge in [0.1, 0.15) is 15.1 Å². The van der Waals surface area contributed by atoms with Gasteiger partial charge in [-0.3, -0.25) is 9.36 Å². The topological polar surface area (TPSA) is 81.8 Å². The van der Waals surface area contributed by atoms with Crippen LogP contribution in [0.25, 0.3) is 0 Å². The lowest BCUT2D eigenvalue weighted by Gasteiger charge is -2.03. The summed E-state index contributed by atoms with van der Waals surface area (Å²) in [5.41, 5.74) is 0.787. The minimum absolute atomic E-state index is 0.0456. The monoisotopic (exact) mass is 337 g/mol. The molecule has 0 aromatic carbocycles. The highest BCUT2D eigenvalue weighted by Crippen LogP contribution is 2.25. The highest BCUT2D eigenvalue weighted by atomic mass is 35.5. The Morgan fingerprint density at radius 1 is 1.30 bits per heavy atom. The predicted octanol–water partition coefficient (Wildman–Crippen LogP) is 1.25. The Balaban J connectivity index is 2.21. The molecule has 10 heteroatoms. The number of hydrogen-bond donors (Lipinski definition) is 1. The summed E-state index contributed by atoms with van der Waals surface area (Å²) < 4.78 is 29.6. The summed E-state index contributed by atoms with van der Waals surface area (Å²) in [6.45, 7) is 1.58. The molecule has 0 saturated carbocycles. The van der Waals surface area contributed by atoms with E-state index in [1.807, 2.05) is 0 Å². The van der Waals surface area contributed by atoms with Gasteiger partial charge in [0, 0.05) is 20.3 Å². The van der Waals surface area contributed by atoms with Crippen LogP contribution in [0.15, 0.2) is 11.1 Å². The quantitative estimate of drug-likeness (QED) is 0.910. The molecular formula is C10H13Cl2N5O2S. The summed E-state index contributed by atoms with van der Waals surface area (Å²) in [6, 6.07) is 0. The normalized spacial score (nSPS) is 12.1. The number of aryl methyl sites for hydroxylation is 3. The van der Waals surface area contributed by atoms with Gasteiger partial charge < -0.3 is 0 Å². The van der Waals surface area contributed by atoms with Crippen LogP contribution in [0, 0.1) is 6.92 Å². The van der Waals surface area contributed by atoms with Gasteiger partial charge >= 0.3 is 0 Å². The van der Waals surface area contributed by atoms with Crippen molar-refractivity contribution in [3.05, 3.63) is 27.8 Å². The molecule has 0 bridgehead atoms. The second-order valence-electron chi connectivity index (χ2n) is 4.25. The van der Waals surface area contributed by atoms with E-state index in [0.29, 0.717) is 11.4 Å². The first-order valence-corrected chi connectivity index (χ1v) is 7.83. The van der Waals surface area contributed by atoms with Gasteiger partial charge in [-0.15, -0.1) is 0 Å². The summed E-state index contributed by atoms with van der Waals surface area (Å²) >= 11 is 11.8. The number of hydrogen-bond acceptors (Lipinski definition) is 4. The molecule has 2 aromatic rings. The number of nitrogens with zero attached hydrogens (tertiary/aromatic N) is 4. The van der Waals surface area contributed by atoms with Crippen molar-refractivity contribution in [1.29, 1.82) is 0 Å². The molecular weight excluding hydrogens is 325 g/mol. The van der Waals surface area contributed by atoms with Gasteiger partial charge in [-0.05, 0) is 6.92 Å². The van der Waals surface area contributed by atoms with Crippen LogP contribution in [0.5, 0.6) is 0 Å². The maximum absolute atomic E-state index is 12.2. The van der Waals surface area contributed by atoms with E-state index in [4.69, 9.17) is 23.2 Å². The molecule has 0 amide bonds. The van der Waals surface area contributed by atoms with Crippen molar-refractivity contribution in [2.24, 2.45) is 14.1 Å².